The van der Waals surface area contributed by atoms with E-state index in [0.717, 1.165) is 33.6 Å². The van der Waals surface area contributed by atoms with Gasteiger partial charge < -0.3 is 14.8 Å². The Hall–Kier alpha value is -3.08. The number of nitrogens with zero attached hydrogens (tertiary/aromatic N) is 3. The summed E-state index contributed by atoms with van der Waals surface area (Å²) in [5, 5.41) is 3.12. The van der Waals surface area contributed by atoms with Crippen LogP contribution in [0.1, 0.15) is 27.3 Å². The summed E-state index contributed by atoms with van der Waals surface area (Å²) in [5.41, 5.74) is 7.19. The number of aromatic nitrogens is 2. The molecule has 0 saturated carbocycles. The molecular formula is C21H22N4O. The molecule has 1 aliphatic heterocycles. The van der Waals surface area contributed by atoms with Crippen molar-refractivity contribution in [3.63, 3.8) is 0 Å². The molecule has 0 fully saturated rings. The molecule has 1 N–H and O–H groups in total. The zero-order valence-corrected chi connectivity index (χ0v) is 15.3. The highest BCUT2D eigenvalue weighted by Gasteiger charge is 2.27. The maximum Gasteiger partial charge on any atom is 0.271 e. The third-order valence-corrected chi connectivity index (χ3v) is 4.92. The fraction of sp³-hybridized carbons (Fsp3) is 0.238. The first kappa shape index (κ1) is 16.4. The predicted molar refractivity (Wildman–Crippen MR) is 103 cm³/mol. The van der Waals surface area contributed by atoms with Gasteiger partial charge in [-0.3, -0.25) is 9.78 Å². The Morgan fingerprint density at radius 3 is 2.62 bits per heavy atom. The number of pyridine rings is 1. The number of aryl methyl sites for hydroxylation is 2. The third-order valence-electron chi connectivity index (χ3n) is 4.92. The van der Waals surface area contributed by atoms with E-state index in [-0.39, 0.29) is 5.91 Å². The largest absolute Gasteiger partial charge is 0.388 e. The number of hydrogen-bond acceptors (Lipinski definition) is 3. The smallest absolute Gasteiger partial charge is 0.271 e. The molecule has 132 valence electrons. The lowest BCUT2D eigenvalue weighted by Gasteiger charge is -2.15. The SMILES string of the molecule is CNc1ccc(-c2cc(C(=O)N3Cc4cc(C)cnc4C3)n(C)c2)cc1. The lowest BCUT2D eigenvalue weighted by Crippen LogP contribution is -2.27. The highest BCUT2D eigenvalue weighted by atomic mass is 16.2. The number of hydrogen-bond donors (Lipinski definition) is 1. The van der Waals surface area contributed by atoms with Crippen LogP contribution < -0.4 is 5.32 Å². The molecule has 1 amide bonds. The van der Waals surface area contributed by atoms with E-state index < -0.39 is 0 Å². The maximum absolute atomic E-state index is 13.0. The Morgan fingerprint density at radius 1 is 1.12 bits per heavy atom. The van der Waals surface area contributed by atoms with E-state index in [4.69, 9.17) is 0 Å². The van der Waals surface area contributed by atoms with Crippen molar-refractivity contribution in [2.24, 2.45) is 7.05 Å². The monoisotopic (exact) mass is 346 g/mol. The van der Waals surface area contributed by atoms with Crippen LogP contribution in [-0.2, 0) is 20.1 Å². The van der Waals surface area contributed by atoms with E-state index in [2.05, 4.69) is 28.5 Å². The topological polar surface area (TPSA) is 50.2 Å². The van der Waals surface area contributed by atoms with Gasteiger partial charge in [0.1, 0.15) is 5.69 Å². The van der Waals surface area contributed by atoms with Crippen LogP contribution in [0.2, 0.25) is 0 Å². The van der Waals surface area contributed by atoms with Gasteiger partial charge in [-0.15, -0.1) is 0 Å². The quantitative estimate of drug-likeness (QED) is 0.788. The molecule has 4 rings (SSSR count). The summed E-state index contributed by atoms with van der Waals surface area (Å²) in [5.74, 6) is 0.0428. The van der Waals surface area contributed by atoms with E-state index in [9.17, 15) is 4.79 Å². The number of anilines is 1. The van der Waals surface area contributed by atoms with Gasteiger partial charge >= 0.3 is 0 Å². The lowest BCUT2D eigenvalue weighted by molar-refractivity contribution is 0.0741. The van der Waals surface area contributed by atoms with Crippen LogP contribution in [0.3, 0.4) is 0 Å². The molecule has 0 unspecified atom stereocenters. The summed E-state index contributed by atoms with van der Waals surface area (Å²) >= 11 is 0. The zero-order valence-electron chi connectivity index (χ0n) is 15.3. The van der Waals surface area contributed by atoms with Gasteiger partial charge in [-0.05, 0) is 41.8 Å². The minimum atomic E-state index is 0.0428. The summed E-state index contributed by atoms with van der Waals surface area (Å²) in [6.07, 6.45) is 3.87. The van der Waals surface area contributed by atoms with Crippen molar-refractivity contribution in [3.05, 3.63) is 71.3 Å². The molecule has 0 spiro atoms. The molecule has 5 heteroatoms. The molecule has 0 radical (unpaired) electrons. The third kappa shape index (κ3) is 2.86. The number of amides is 1. The zero-order chi connectivity index (χ0) is 18.3. The van der Waals surface area contributed by atoms with Crippen molar-refractivity contribution < 1.29 is 4.79 Å². The summed E-state index contributed by atoms with van der Waals surface area (Å²) in [7, 11) is 3.82. The standard InChI is InChI=1S/C21H22N4O/c1-14-8-17-12-25(13-19(17)23-10-14)21(26)20-9-16(11-24(20)3)15-4-6-18(22-2)7-5-15/h4-11,22H,12-13H2,1-3H3. The van der Waals surface area contributed by atoms with Crippen LogP contribution in [0.25, 0.3) is 11.1 Å². The Morgan fingerprint density at radius 2 is 1.88 bits per heavy atom. The number of carbonyl (C=O) groups excluding carboxylic acids is 1. The molecule has 26 heavy (non-hydrogen) atoms. The van der Waals surface area contributed by atoms with Gasteiger partial charge in [0.25, 0.3) is 5.91 Å². The Kier molecular flexibility index (Phi) is 3.99. The molecule has 0 aliphatic carbocycles. The van der Waals surface area contributed by atoms with Gasteiger partial charge in [0, 0.05) is 44.3 Å². The molecule has 3 aromatic rings. The van der Waals surface area contributed by atoms with Crippen molar-refractivity contribution in [3.8, 4) is 11.1 Å². The number of carbonyl (C=O) groups is 1. The van der Waals surface area contributed by atoms with E-state index in [1.807, 2.05) is 61.1 Å². The van der Waals surface area contributed by atoms with Crippen LogP contribution in [0.5, 0.6) is 0 Å². The number of benzene rings is 1. The number of rotatable bonds is 3. The van der Waals surface area contributed by atoms with E-state index in [1.54, 1.807) is 0 Å². The van der Waals surface area contributed by atoms with Gasteiger partial charge in [-0.25, -0.2) is 0 Å². The van der Waals surface area contributed by atoms with E-state index in [1.165, 1.54) is 0 Å². The summed E-state index contributed by atoms with van der Waals surface area (Å²) in [6, 6.07) is 12.3. The first-order chi connectivity index (χ1) is 12.5. The summed E-state index contributed by atoms with van der Waals surface area (Å²) < 4.78 is 1.91. The fourth-order valence-corrected chi connectivity index (χ4v) is 3.45. The van der Waals surface area contributed by atoms with Crippen molar-refractivity contribution >= 4 is 11.6 Å². The highest BCUT2D eigenvalue weighted by Crippen LogP contribution is 2.27. The first-order valence-corrected chi connectivity index (χ1v) is 8.73. The minimum absolute atomic E-state index is 0.0428. The normalized spacial score (nSPS) is 13.0. The second-order valence-electron chi connectivity index (χ2n) is 6.83. The van der Waals surface area contributed by atoms with Crippen molar-refractivity contribution in [2.45, 2.75) is 20.0 Å². The molecule has 2 aromatic heterocycles. The lowest BCUT2D eigenvalue weighted by atomic mass is 10.1. The second-order valence-corrected chi connectivity index (χ2v) is 6.83. The molecule has 0 saturated heterocycles. The highest BCUT2D eigenvalue weighted by molar-refractivity contribution is 5.94. The minimum Gasteiger partial charge on any atom is -0.388 e. The molecule has 5 nitrogen and oxygen atoms in total. The Labute approximate surface area is 153 Å². The van der Waals surface area contributed by atoms with Crippen LogP contribution in [0, 0.1) is 6.92 Å². The predicted octanol–water partition coefficient (Wildman–Crippen LogP) is 3.59. The van der Waals surface area contributed by atoms with Gasteiger partial charge in [0.05, 0.1) is 12.2 Å². The molecule has 0 bridgehead atoms. The molecular weight excluding hydrogens is 324 g/mol. The van der Waals surface area contributed by atoms with E-state index >= 15 is 0 Å². The molecule has 3 heterocycles. The van der Waals surface area contributed by atoms with Gasteiger partial charge in [-0.1, -0.05) is 18.2 Å². The van der Waals surface area contributed by atoms with Crippen molar-refractivity contribution in [1.82, 2.24) is 14.5 Å². The maximum atomic E-state index is 13.0. The van der Waals surface area contributed by atoms with Gasteiger partial charge in [-0.2, -0.15) is 0 Å². The van der Waals surface area contributed by atoms with Crippen LogP contribution in [0.15, 0.2) is 48.8 Å². The van der Waals surface area contributed by atoms with E-state index in [0.29, 0.717) is 18.8 Å². The average Bonchev–Trinajstić information content (AvgIpc) is 3.24. The molecule has 1 aliphatic rings. The van der Waals surface area contributed by atoms with Crippen molar-refractivity contribution in [1.29, 1.82) is 0 Å². The average molecular weight is 346 g/mol. The van der Waals surface area contributed by atoms with Gasteiger partial charge in [0.15, 0.2) is 0 Å². The second kappa shape index (κ2) is 6.33. The Bertz CT molecular complexity index is 972. The number of nitrogens with one attached hydrogen (secondary N) is 1. The Balaban J connectivity index is 1.58. The van der Waals surface area contributed by atoms with Crippen LogP contribution in [-0.4, -0.2) is 27.4 Å². The summed E-state index contributed by atoms with van der Waals surface area (Å²) in [6.45, 7) is 3.23. The van der Waals surface area contributed by atoms with Gasteiger partial charge in [0.2, 0.25) is 0 Å². The molecule has 1 aromatic carbocycles. The van der Waals surface area contributed by atoms with Crippen LogP contribution >= 0.6 is 0 Å². The number of fused-ring (bicyclic) bond motifs is 1. The summed E-state index contributed by atoms with van der Waals surface area (Å²) in [4.78, 5) is 19.4. The fourth-order valence-electron chi connectivity index (χ4n) is 3.45. The first-order valence-electron chi connectivity index (χ1n) is 8.73. The van der Waals surface area contributed by atoms with Crippen molar-refractivity contribution in [2.75, 3.05) is 12.4 Å². The molecule has 0 atom stereocenters. The van der Waals surface area contributed by atoms with Crippen LogP contribution in [0.4, 0.5) is 5.69 Å².